The number of nitrogens with one attached hydrogen (secondary N) is 1. The summed E-state index contributed by atoms with van der Waals surface area (Å²) in [6.45, 7) is 3.05. The van der Waals surface area contributed by atoms with Gasteiger partial charge in [0.2, 0.25) is 5.88 Å². The van der Waals surface area contributed by atoms with Crippen LogP contribution < -0.4 is 14.8 Å². The maximum atomic E-state index is 12.5. The quantitative estimate of drug-likeness (QED) is 0.924. The standard InChI is InChI=1S/C18H22N4O3/c1-13-19-9-8-17(20-13)25-16-7-4-10-22(12-16)18(23)21-14-5-3-6-15(11-14)24-2/h3,5-6,8-9,11,16H,4,7,10,12H2,1-2H3,(H,21,23). The highest BCUT2D eigenvalue weighted by Crippen LogP contribution is 2.20. The van der Waals surface area contributed by atoms with Gasteiger partial charge in [-0.25, -0.2) is 9.78 Å². The number of rotatable bonds is 4. The molecule has 1 aromatic heterocycles. The first-order chi connectivity index (χ1) is 12.1. The summed E-state index contributed by atoms with van der Waals surface area (Å²) >= 11 is 0. The summed E-state index contributed by atoms with van der Waals surface area (Å²) in [7, 11) is 1.60. The normalized spacial score (nSPS) is 17.0. The van der Waals surface area contributed by atoms with E-state index in [2.05, 4.69) is 15.3 Å². The van der Waals surface area contributed by atoms with Crippen LogP contribution in [-0.2, 0) is 0 Å². The highest BCUT2D eigenvalue weighted by molar-refractivity contribution is 5.89. The van der Waals surface area contributed by atoms with Crippen LogP contribution in [0.5, 0.6) is 11.6 Å². The molecule has 1 unspecified atom stereocenters. The smallest absolute Gasteiger partial charge is 0.321 e. The highest BCUT2D eigenvalue weighted by atomic mass is 16.5. The number of benzene rings is 1. The Kier molecular flexibility index (Phi) is 5.33. The molecular formula is C18H22N4O3. The number of hydrogen-bond acceptors (Lipinski definition) is 5. The first-order valence-electron chi connectivity index (χ1n) is 8.30. The van der Waals surface area contributed by atoms with Gasteiger partial charge in [0.1, 0.15) is 17.7 Å². The largest absolute Gasteiger partial charge is 0.497 e. The van der Waals surface area contributed by atoms with E-state index >= 15 is 0 Å². The Hall–Kier alpha value is -2.83. The molecule has 7 nitrogen and oxygen atoms in total. The number of nitrogens with zero attached hydrogens (tertiary/aromatic N) is 3. The third-order valence-electron chi connectivity index (χ3n) is 4.02. The summed E-state index contributed by atoms with van der Waals surface area (Å²) in [6.07, 6.45) is 3.39. The Morgan fingerprint density at radius 1 is 1.36 bits per heavy atom. The number of aromatic nitrogens is 2. The summed E-state index contributed by atoms with van der Waals surface area (Å²) in [5.74, 6) is 1.92. The minimum absolute atomic E-state index is 0.0703. The van der Waals surface area contributed by atoms with Crippen molar-refractivity contribution in [3.8, 4) is 11.6 Å². The third-order valence-corrected chi connectivity index (χ3v) is 4.02. The molecule has 2 amide bonds. The number of aryl methyl sites for hydroxylation is 1. The zero-order valence-electron chi connectivity index (χ0n) is 14.4. The Labute approximate surface area is 147 Å². The van der Waals surface area contributed by atoms with Crippen LogP contribution in [0.4, 0.5) is 10.5 Å². The molecule has 2 aromatic rings. The van der Waals surface area contributed by atoms with Gasteiger partial charge in [0, 0.05) is 30.6 Å². The molecular weight excluding hydrogens is 320 g/mol. The average Bonchev–Trinajstić information content (AvgIpc) is 2.62. The van der Waals surface area contributed by atoms with Crippen molar-refractivity contribution in [2.45, 2.75) is 25.9 Å². The second-order valence-corrected chi connectivity index (χ2v) is 5.93. The summed E-state index contributed by atoms with van der Waals surface area (Å²) in [4.78, 5) is 22.6. The van der Waals surface area contributed by atoms with Crippen LogP contribution in [0, 0.1) is 6.92 Å². The van der Waals surface area contributed by atoms with Gasteiger partial charge in [-0.3, -0.25) is 0 Å². The molecule has 0 spiro atoms. The molecule has 1 N–H and O–H groups in total. The molecule has 0 bridgehead atoms. The first-order valence-corrected chi connectivity index (χ1v) is 8.30. The number of methoxy groups -OCH3 is 1. The van der Waals surface area contributed by atoms with Gasteiger partial charge in [-0.1, -0.05) is 6.07 Å². The lowest BCUT2D eigenvalue weighted by Crippen LogP contribution is -2.46. The number of amides is 2. The van der Waals surface area contributed by atoms with Crippen molar-refractivity contribution in [3.05, 3.63) is 42.4 Å². The lowest BCUT2D eigenvalue weighted by molar-refractivity contribution is 0.102. The molecule has 7 heteroatoms. The van der Waals surface area contributed by atoms with Gasteiger partial charge in [0.15, 0.2) is 0 Å². The Morgan fingerprint density at radius 2 is 2.24 bits per heavy atom. The van der Waals surface area contributed by atoms with E-state index in [4.69, 9.17) is 9.47 Å². The van der Waals surface area contributed by atoms with E-state index in [1.165, 1.54) is 0 Å². The second-order valence-electron chi connectivity index (χ2n) is 5.93. The maximum Gasteiger partial charge on any atom is 0.321 e. The zero-order valence-corrected chi connectivity index (χ0v) is 14.4. The minimum atomic E-state index is -0.138. The summed E-state index contributed by atoms with van der Waals surface area (Å²) in [6, 6.07) is 8.91. The van der Waals surface area contributed by atoms with Crippen molar-refractivity contribution in [1.82, 2.24) is 14.9 Å². The number of carbonyl (C=O) groups is 1. The number of likely N-dealkylation sites (tertiary alicyclic amines) is 1. The molecule has 1 aromatic carbocycles. The first kappa shape index (κ1) is 17.0. The van der Waals surface area contributed by atoms with Gasteiger partial charge >= 0.3 is 6.03 Å². The fourth-order valence-electron chi connectivity index (χ4n) is 2.79. The molecule has 1 aliphatic rings. The van der Waals surface area contributed by atoms with E-state index in [1.807, 2.05) is 25.1 Å². The van der Waals surface area contributed by atoms with E-state index < -0.39 is 0 Å². The summed E-state index contributed by atoms with van der Waals surface area (Å²) < 4.78 is 11.1. The van der Waals surface area contributed by atoms with Crippen molar-refractivity contribution >= 4 is 11.7 Å². The molecule has 3 rings (SSSR count). The Bertz CT molecular complexity index is 738. The second kappa shape index (κ2) is 7.83. The fourth-order valence-corrected chi connectivity index (χ4v) is 2.79. The molecule has 1 aliphatic heterocycles. The van der Waals surface area contributed by atoms with Gasteiger partial charge in [0.05, 0.1) is 13.7 Å². The average molecular weight is 342 g/mol. The van der Waals surface area contributed by atoms with Crippen molar-refractivity contribution in [2.75, 3.05) is 25.5 Å². The molecule has 2 heterocycles. The lowest BCUT2D eigenvalue weighted by Gasteiger charge is -2.32. The zero-order chi connectivity index (χ0) is 17.6. The third kappa shape index (κ3) is 4.59. The molecule has 0 aliphatic carbocycles. The molecule has 132 valence electrons. The van der Waals surface area contributed by atoms with Crippen LogP contribution in [0.25, 0.3) is 0 Å². The summed E-state index contributed by atoms with van der Waals surface area (Å²) in [5.41, 5.74) is 0.707. The number of hydrogen-bond donors (Lipinski definition) is 1. The van der Waals surface area contributed by atoms with Crippen LogP contribution in [0.2, 0.25) is 0 Å². The number of urea groups is 1. The predicted octanol–water partition coefficient (Wildman–Crippen LogP) is 2.87. The fraction of sp³-hybridized carbons (Fsp3) is 0.389. The number of piperidine rings is 1. The molecule has 1 atom stereocenters. The Morgan fingerprint density at radius 3 is 3.04 bits per heavy atom. The van der Waals surface area contributed by atoms with Gasteiger partial charge in [-0.15, -0.1) is 0 Å². The SMILES string of the molecule is COc1cccc(NC(=O)N2CCCC(Oc3ccnc(C)n3)C2)c1. The van der Waals surface area contributed by atoms with E-state index in [0.717, 1.165) is 12.8 Å². The number of carbonyl (C=O) groups excluding carboxylic acids is 1. The van der Waals surface area contributed by atoms with Gasteiger partial charge in [-0.05, 0) is 31.9 Å². The lowest BCUT2D eigenvalue weighted by atomic mass is 10.1. The topological polar surface area (TPSA) is 76.6 Å². The van der Waals surface area contributed by atoms with Crippen LogP contribution in [0.1, 0.15) is 18.7 Å². The van der Waals surface area contributed by atoms with E-state index in [-0.39, 0.29) is 12.1 Å². The van der Waals surface area contributed by atoms with Crippen molar-refractivity contribution in [1.29, 1.82) is 0 Å². The van der Waals surface area contributed by atoms with E-state index in [1.54, 1.807) is 30.3 Å². The Balaban J connectivity index is 1.59. The molecule has 1 fully saturated rings. The monoisotopic (exact) mass is 342 g/mol. The van der Waals surface area contributed by atoms with Gasteiger partial charge in [-0.2, -0.15) is 4.98 Å². The van der Waals surface area contributed by atoms with Crippen LogP contribution in [0.15, 0.2) is 36.5 Å². The highest BCUT2D eigenvalue weighted by Gasteiger charge is 2.25. The molecule has 0 radical (unpaired) electrons. The van der Waals surface area contributed by atoms with E-state index in [9.17, 15) is 4.79 Å². The van der Waals surface area contributed by atoms with Crippen LogP contribution in [0.3, 0.4) is 0 Å². The van der Waals surface area contributed by atoms with Crippen molar-refractivity contribution < 1.29 is 14.3 Å². The van der Waals surface area contributed by atoms with Crippen LogP contribution in [-0.4, -0.2) is 47.2 Å². The molecule has 1 saturated heterocycles. The maximum absolute atomic E-state index is 12.5. The van der Waals surface area contributed by atoms with Gasteiger partial charge in [0.25, 0.3) is 0 Å². The van der Waals surface area contributed by atoms with Gasteiger partial charge < -0.3 is 19.7 Å². The number of ether oxygens (including phenoxy) is 2. The number of anilines is 1. The summed E-state index contributed by atoms with van der Waals surface area (Å²) in [5, 5.41) is 2.91. The molecule has 0 saturated carbocycles. The van der Waals surface area contributed by atoms with Crippen molar-refractivity contribution in [3.63, 3.8) is 0 Å². The minimum Gasteiger partial charge on any atom is -0.497 e. The van der Waals surface area contributed by atoms with Crippen molar-refractivity contribution in [2.24, 2.45) is 0 Å². The van der Waals surface area contributed by atoms with E-state index in [0.29, 0.717) is 36.2 Å². The van der Waals surface area contributed by atoms with Crippen LogP contribution >= 0.6 is 0 Å². The predicted molar refractivity (Wildman–Crippen MR) is 94.0 cm³/mol. The molecule has 25 heavy (non-hydrogen) atoms.